The van der Waals surface area contributed by atoms with Crippen LogP contribution in [0.25, 0.3) is 11.8 Å². The first-order chi connectivity index (χ1) is 12.0. The van der Waals surface area contributed by atoms with E-state index in [4.69, 9.17) is 4.42 Å². The van der Waals surface area contributed by atoms with E-state index in [0.717, 1.165) is 28.4 Å². The third-order valence-electron chi connectivity index (χ3n) is 4.04. The number of nitrogens with zero attached hydrogens (tertiary/aromatic N) is 2. The minimum atomic E-state index is -0.166. The first kappa shape index (κ1) is 16.8. The molecule has 0 saturated heterocycles. The molecule has 0 fully saturated rings. The molecular formula is C20H21N3O2. The first-order valence-electron chi connectivity index (χ1n) is 8.17. The molecule has 3 aromatic rings. The topological polar surface area (TPSA) is 60.1 Å². The lowest BCUT2D eigenvalue weighted by atomic mass is 10.2. The van der Waals surface area contributed by atoms with Gasteiger partial charge >= 0.3 is 0 Å². The van der Waals surface area contributed by atoms with Crippen LogP contribution < -0.4 is 5.32 Å². The Bertz CT molecular complexity index is 904. The molecule has 0 unspecified atom stereocenters. The summed E-state index contributed by atoms with van der Waals surface area (Å²) in [6, 6.07) is 13.7. The summed E-state index contributed by atoms with van der Waals surface area (Å²) in [5, 5.41) is 7.49. The Morgan fingerprint density at radius 1 is 1.16 bits per heavy atom. The zero-order chi connectivity index (χ0) is 17.8. The van der Waals surface area contributed by atoms with E-state index in [1.165, 1.54) is 6.08 Å². The van der Waals surface area contributed by atoms with Crippen molar-refractivity contribution in [2.24, 2.45) is 0 Å². The van der Waals surface area contributed by atoms with E-state index in [2.05, 4.69) is 10.4 Å². The Morgan fingerprint density at radius 3 is 2.60 bits per heavy atom. The molecule has 0 atom stereocenters. The van der Waals surface area contributed by atoms with Crippen molar-refractivity contribution in [1.29, 1.82) is 0 Å². The van der Waals surface area contributed by atoms with Gasteiger partial charge in [-0.3, -0.25) is 4.79 Å². The van der Waals surface area contributed by atoms with Crippen molar-refractivity contribution in [1.82, 2.24) is 15.1 Å². The summed E-state index contributed by atoms with van der Waals surface area (Å²) in [6.07, 6.45) is 3.14. The van der Waals surface area contributed by atoms with Gasteiger partial charge in [0.1, 0.15) is 11.5 Å². The van der Waals surface area contributed by atoms with E-state index in [-0.39, 0.29) is 5.91 Å². The lowest BCUT2D eigenvalue weighted by molar-refractivity contribution is -0.116. The van der Waals surface area contributed by atoms with Crippen LogP contribution in [0.2, 0.25) is 0 Å². The Labute approximate surface area is 147 Å². The monoisotopic (exact) mass is 335 g/mol. The minimum Gasteiger partial charge on any atom is -0.462 e. The van der Waals surface area contributed by atoms with Crippen molar-refractivity contribution >= 4 is 12.0 Å². The van der Waals surface area contributed by atoms with Gasteiger partial charge in [-0.15, -0.1) is 0 Å². The molecule has 0 saturated carbocycles. The predicted octanol–water partition coefficient (Wildman–Crippen LogP) is 3.72. The van der Waals surface area contributed by atoms with Gasteiger partial charge in [-0.2, -0.15) is 5.10 Å². The van der Waals surface area contributed by atoms with Crippen molar-refractivity contribution in [3.63, 3.8) is 0 Å². The van der Waals surface area contributed by atoms with Crippen LogP contribution >= 0.6 is 0 Å². The second kappa shape index (κ2) is 7.21. The van der Waals surface area contributed by atoms with E-state index >= 15 is 0 Å². The van der Waals surface area contributed by atoms with Crippen LogP contribution in [-0.4, -0.2) is 15.7 Å². The van der Waals surface area contributed by atoms with Crippen molar-refractivity contribution < 1.29 is 9.21 Å². The number of hydrogen-bond donors (Lipinski definition) is 1. The molecule has 0 aliphatic rings. The molecule has 0 spiro atoms. The van der Waals surface area contributed by atoms with Gasteiger partial charge in [0.25, 0.3) is 0 Å². The maximum atomic E-state index is 12.0. The molecule has 5 nitrogen and oxygen atoms in total. The van der Waals surface area contributed by atoms with Gasteiger partial charge < -0.3 is 9.73 Å². The minimum absolute atomic E-state index is 0.166. The quantitative estimate of drug-likeness (QED) is 0.723. The Hall–Kier alpha value is -3.08. The second-order valence-electron chi connectivity index (χ2n) is 5.90. The van der Waals surface area contributed by atoms with E-state index in [1.807, 2.05) is 67.9 Å². The predicted molar refractivity (Wildman–Crippen MR) is 97.4 cm³/mol. The number of carbonyl (C=O) groups excluding carboxylic acids is 1. The largest absolute Gasteiger partial charge is 0.462 e. The Balaban J connectivity index is 1.68. The molecule has 128 valence electrons. The molecular weight excluding hydrogens is 314 g/mol. The zero-order valence-electron chi connectivity index (χ0n) is 14.6. The number of aryl methyl sites for hydroxylation is 2. The number of amides is 1. The number of furan rings is 1. The van der Waals surface area contributed by atoms with Crippen LogP contribution in [-0.2, 0) is 11.3 Å². The number of para-hydroxylation sites is 1. The fraction of sp³-hybridized carbons (Fsp3) is 0.200. The highest BCUT2D eigenvalue weighted by Gasteiger charge is 2.13. The van der Waals surface area contributed by atoms with E-state index < -0.39 is 0 Å². The molecule has 25 heavy (non-hydrogen) atoms. The van der Waals surface area contributed by atoms with Gasteiger partial charge in [0.05, 0.1) is 11.4 Å². The van der Waals surface area contributed by atoms with Gasteiger partial charge in [-0.05, 0) is 51.1 Å². The maximum Gasteiger partial charge on any atom is 0.244 e. The molecule has 1 aromatic carbocycles. The number of hydrogen-bond acceptors (Lipinski definition) is 3. The third-order valence-corrected chi connectivity index (χ3v) is 4.04. The molecule has 1 amide bonds. The van der Waals surface area contributed by atoms with Gasteiger partial charge in [0.2, 0.25) is 5.91 Å². The fourth-order valence-electron chi connectivity index (χ4n) is 2.69. The molecule has 2 aromatic heterocycles. The molecule has 0 bridgehead atoms. The van der Waals surface area contributed by atoms with Crippen LogP contribution in [0.4, 0.5) is 0 Å². The van der Waals surface area contributed by atoms with Gasteiger partial charge in [0.15, 0.2) is 0 Å². The highest BCUT2D eigenvalue weighted by atomic mass is 16.3. The second-order valence-corrected chi connectivity index (χ2v) is 5.90. The number of aromatic nitrogens is 2. The summed E-state index contributed by atoms with van der Waals surface area (Å²) in [4.78, 5) is 12.0. The zero-order valence-corrected chi connectivity index (χ0v) is 14.6. The molecule has 3 rings (SSSR count). The smallest absolute Gasteiger partial charge is 0.244 e. The average molecular weight is 335 g/mol. The van der Waals surface area contributed by atoms with Crippen molar-refractivity contribution in [3.05, 3.63) is 77.0 Å². The summed E-state index contributed by atoms with van der Waals surface area (Å²) in [5.74, 6) is 1.32. The van der Waals surface area contributed by atoms with E-state index in [9.17, 15) is 4.79 Å². The summed E-state index contributed by atoms with van der Waals surface area (Å²) < 4.78 is 7.31. The summed E-state index contributed by atoms with van der Waals surface area (Å²) in [5.41, 5.74) is 3.97. The van der Waals surface area contributed by atoms with E-state index in [1.54, 1.807) is 6.08 Å². The third kappa shape index (κ3) is 3.88. The Kier molecular flexibility index (Phi) is 4.84. The van der Waals surface area contributed by atoms with Gasteiger partial charge in [-0.25, -0.2) is 4.68 Å². The van der Waals surface area contributed by atoms with Crippen LogP contribution in [0.3, 0.4) is 0 Å². The fourth-order valence-corrected chi connectivity index (χ4v) is 2.69. The molecule has 1 N–H and O–H groups in total. The molecule has 0 aliphatic heterocycles. The van der Waals surface area contributed by atoms with Crippen LogP contribution in [0.5, 0.6) is 0 Å². The van der Waals surface area contributed by atoms with Crippen molar-refractivity contribution in [3.8, 4) is 5.69 Å². The van der Waals surface area contributed by atoms with Crippen molar-refractivity contribution in [2.75, 3.05) is 0 Å². The summed E-state index contributed by atoms with van der Waals surface area (Å²) in [7, 11) is 0. The van der Waals surface area contributed by atoms with Crippen LogP contribution in [0.15, 0.2) is 53.0 Å². The maximum absolute atomic E-state index is 12.0. The van der Waals surface area contributed by atoms with Crippen LogP contribution in [0, 0.1) is 20.8 Å². The first-order valence-corrected chi connectivity index (χ1v) is 8.17. The average Bonchev–Trinajstić information content (AvgIpc) is 3.15. The number of benzene rings is 1. The lowest BCUT2D eigenvalue weighted by Gasteiger charge is -2.06. The molecule has 2 heterocycles. The van der Waals surface area contributed by atoms with Crippen LogP contribution in [0.1, 0.15) is 28.5 Å². The lowest BCUT2D eigenvalue weighted by Crippen LogP contribution is -2.21. The standard InChI is InChI=1S/C20H21N3O2/c1-14-9-10-18(25-14)11-12-20(24)21-13-19-15(2)22-23(16(19)3)17-7-5-4-6-8-17/h4-12H,13H2,1-3H3,(H,21,24)/b12-11+. The van der Waals surface area contributed by atoms with E-state index in [0.29, 0.717) is 12.3 Å². The number of rotatable bonds is 5. The van der Waals surface area contributed by atoms with Gasteiger partial charge in [-0.1, -0.05) is 18.2 Å². The number of nitrogens with one attached hydrogen (secondary N) is 1. The van der Waals surface area contributed by atoms with Crippen molar-refractivity contribution in [2.45, 2.75) is 27.3 Å². The molecule has 5 heteroatoms. The highest BCUT2D eigenvalue weighted by molar-refractivity contribution is 5.91. The molecule has 0 aliphatic carbocycles. The summed E-state index contributed by atoms with van der Waals surface area (Å²) in [6.45, 7) is 6.27. The Morgan fingerprint density at radius 2 is 1.92 bits per heavy atom. The number of carbonyl (C=O) groups is 1. The van der Waals surface area contributed by atoms with Gasteiger partial charge in [0, 0.05) is 23.9 Å². The summed E-state index contributed by atoms with van der Waals surface area (Å²) >= 11 is 0. The SMILES string of the molecule is Cc1ccc(/C=C/C(=O)NCc2c(C)nn(-c3ccccc3)c2C)o1. The highest BCUT2D eigenvalue weighted by Crippen LogP contribution is 2.17. The molecule has 0 radical (unpaired) electrons. The normalized spacial score (nSPS) is 11.2.